The number of anilines is 6. The van der Waals surface area contributed by atoms with E-state index in [1.807, 2.05) is 60.7 Å². The Labute approximate surface area is 412 Å². The van der Waals surface area contributed by atoms with Gasteiger partial charge in [0.05, 0.1) is 71.9 Å². The van der Waals surface area contributed by atoms with Gasteiger partial charge in [-0.15, -0.1) is 0 Å². The third kappa shape index (κ3) is 5.51. The highest BCUT2D eigenvalue weighted by atomic mass is 15.2. The summed E-state index contributed by atoms with van der Waals surface area (Å²) >= 11 is 0. The zero-order chi connectivity index (χ0) is 62.0. The van der Waals surface area contributed by atoms with E-state index in [1.54, 1.807) is 12.1 Å². The Bertz CT molecular complexity index is 4650. The fourth-order valence-electron chi connectivity index (χ4n) is 10.0. The van der Waals surface area contributed by atoms with E-state index in [2.05, 4.69) is 50.3 Å². The molecule has 0 fully saturated rings. The van der Waals surface area contributed by atoms with Gasteiger partial charge in [-0.2, -0.15) is 0 Å². The molecule has 0 saturated heterocycles. The van der Waals surface area contributed by atoms with Crippen molar-refractivity contribution in [1.82, 2.24) is 8.80 Å². The summed E-state index contributed by atoms with van der Waals surface area (Å²) in [6.07, 6.45) is 0. The van der Waals surface area contributed by atoms with Crippen LogP contribution in [0.25, 0.3) is 76.2 Å². The lowest BCUT2D eigenvalue weighted by Gasteiger charge is -2.26. The van der Waals surface area contributed by atoms with Gasteiger partial charge >= 0.3 is 0 Å². The Balaban J connectivity index is 1.20. The Morgan fingerprint density at radius 3 is 1.00 bits per heavy atom. The van der Waals surface area contributed by atoms with E-state index in [-0.39, 0.29) is 11.4 Å². The van der Waals surface area contributed by atoms with Gasteiger partial charge in [-0.3, -0.25) is 0 Å². The molecule has 0 N–H and O–H groups in total. The number of benzene rings is 9. The van der Waals surface area contributed by atoms with Crippen LogP contribution in [0.4, 0.5) is 34.1 Å². The van der Waals surface area contributed by atoms with E-state index >= 15 is 0 Å². The predicted octanol–water partition coefficient (Wildman–Crippen LogP) is 17.5. The summed E-state index contributed by atoms with van der Waals surface area (Å²) in [6, 6.07) is 9.48. The summed E-state index contributed by atoms with van der Waals surface area (Å²) in [5.41, 5.74) is 3.64. The van der Waals surface area contributed by atoms with Crippen molar-refractivity contribution < 1.29 is 27.4 Å². The largest absolute Gasteiger partial charge is 0.310 e. The van der Waals surface area contributed by atoms with Gasteiger partial charge < -0.3 is 18.6 Å². The van der Waals surface area contributed by atoms with Crippen LogP contribution in [0, 0.1) is 0 Å². The summed E-state index contributed by atoms with van der Waals surface area (Å²) in [7, 11) is 0. The molecule has 0 aliphatic rings. The monoisotopic (exact) mass is 871 g/mol. The lowest BCUT2D eigenvalue weighted by atomic mass is 9.86. The molecule has 13 rings (SSSR count). The minimum absolute atomic E-state index is 0.171. The van der Waals surface area contributed by atoms with Crippen LogP contribution in [-0.4, -0.2) is 8.80 Å². The number of aromatic nitrogens is 2. The molecule has 4 nitrogen and oxygen atoms in total. The summed E-state index contributed by atoms with van der Waals surface area (Å²) < 4.78 is 183. The molecular formula is C62H50N4. The molecule has 9 aromatic carbocycles. The molecule has 0 aliphatic heterocycles. The quantitative estimate of drug-likeness (QED) is 0.165. The minimum Gasteiger partial charge on any atom is -0.310 e. The van der Waals surface area contributed by atoms with Gasteiger partial charge in [0.2, 0.25) is 0 Å². The highest BCUT2D eigenvalue weighted by Gasteiger charge is 2.29. The van der Waals surface area contributed by atoms with Crippen LogP contribution >= 0.6 is 0 Å². The molecule has 0 radical (unpaired) electrons. The number of nitrogens with zero attached hydrogens (tertiary/aromatic N) is 4. The maximum atomic E-state index is 9.33. The van der Waals surface area contributed by atoms with E-state index in [4.69, 9.17) is 16.4 Å². The molecule has 0 amide bonds. The first kappa shape index (κ1) is 23.4. The van der Waals surface area contributed by atoms with Crippen LogP contribution in [0.3, 0.4) is 0 Å². The molecule has 66 heavy (non-hydrogen) atoms. The number of para-hydroxylation sites is 4. The van der Waals surface area contributed by atoms with Gasteiger partial charge in [0.15, 0.2) is 0 Å². The zero-order valence-corrected chi connectivity index (χ0v) is 36.7. The van der Waals surface area contributed by atoms with Gasteiger partial charge in [-0.25, -0.2) is 0 Å². The zero-order valence-electron chi connectivity index (χ0n) is 56.7. The average Bonchev–Trinajstić information content (AvgIpc) is 1.51. The van der Waals surface area contributed by atoms with Crippen LogP contribution in [0.5, 0.6) is 0 Å². The molecule has 0 atom stereocenters. The fraction of sp³-hybridized carbons (Fsp3) is 0.129. The first-order valence-electron chi connectivity index (χ1n) is 31.6. The van der Waals surface area contributed by atoms with Crippen molar-refractivity contribution in [1.29, 1.82) is 0 Å². The Hall–Kier alpha value is -7.82. The van der Waals surface area contributed by atoms with Crippen LogP contribution in [0.1, 0.15) is 80.1 Å². The van der Waals surface area contributed by atoms with E-state index in [9.17, 15) is 11.0 Å². The molecular weight excluding hydrogens is 801 g/mol. The van der Waals surface area contributed by atoms with Crippen LogP contribution in [0.2, 0.25) is 0 Å². The van der Waals surface area contributed by atoms with Gasteiger partial charge in [0.25, 0.3) is 0 Å². The normalized spacial score (nSPS) is 16.9. The topological polar surface area (TPSA) is 15.3 Å². The lowest BCUT2D eigenvalue weighted by molar-refractivity contribution is 0.591. The molecule has 4 heterocycles. The van der Waals surface area contributed by atoms with Crippen LogP contribution < -0.4 is 9.80 Å². The first-order chi connectivity index (χ1) is 40.3. The van der Waals surface area contributed by atoms with E-state index in [0.29, 0.717) is 65.4 Å². The van der Waals surface area contributed by atoms with Crippen molar-refractivity contribution in [2.45, 2.75) is 52.4 Å². The van der Waals surface area contributed by atoms with Gasteiger partial charge in [-0.1, -0.05) is 138 Å². The standard InChI is InChI=1S/C62H50N4/c1-61(2,3)39-27-31-51-49(35-39)57-53(63(41-19-11-7-12-20-41)42-21-13-8-14-22-42)33-29-45-47-38-56-48(37-55(47)65(51)59(45)57)46-30-34-54(64(43-23-15-9-16-24-43)44-25-17-10-18-26-44)58-50-36-40(62(4,5)6)28-32-52(50)66(56)60(46)58/h7-38H,1-6H3/i7D,8D,9D,10D,11D,12D,13D,14D,15D,16D,17D,18D,19D,20D,21D,22D,23D,24D,25D,26D. The second-order valence-corrected chi connectivity index (χ2v) is 18.8. The second kappa shape index (κ2) is 13.8. The molecule has 13 aromatic rings. The molecule has 4 heteroatoms. The number of rotatable bonds is 6. The highest BCUT2D eigenvalue weighted by molar-refractivity contribution is 6.32. The number of hydrogen-bond acceptors (Lipinski definition) is 2. The van der Waals surface area contributed by atoms with Crippen molar-refractivity contribution in [3.63, 3.8) is 0 Å². The third-order valence-electron chi connectivity index (χ3n) is 13.0. The van der Waals surface area contributed by atoms with Crippen molar-refractivity contribution >= 4 is 110 Å². The van der Waals surface area contributed by atoms with Crippen molar-refractivity contribution in [3.8, 4) is 0 Å². The fourth-order valence-corrected chi connectivity index (χ4v) is 10.0. The highest BCUT2D eigenvalue weighted by Crippen LogP contribution is 2.52. The smallest absolute Gasteiger partial charge is 0.0645 e. The van der Waals surface area contributed by atoms with E-state index in [1.165, 1.54) is 9.80 Å². The van der Waals surface area contributed by atoms with Crippen molar-refractivity contribution in [2.24, 2.45) is 0 Å². The molecule has 4 aromatic heterocycles. The number of fused-ring (bicyclic) bond motifs is 12. The van der Waals surface area contributed by atoms with Crippen molar-refractivity contribution in [3.05, 3.63) is 205 Å². The average molecular weight is 871 g/mol. The maximum Gasteiger partial charge on any atom is 0.0645 e. The third-order valence-corrected chi connectivity index (χ3v) is 13.0. The molecule has 0 bridgehead atoms. The number of hydrogen-bond donors (Lipinski definition) is 0. The predicted molar refractivity (Wildman–Crippen MR) is 283 cm³/mol. The summed E-state index contributed by atoms with van der Waals surface area (Å²) in [6.45, 7) is 12.3. The molecule has 0 spiro atoms. The van der Waals surface area contributed by atoms with E-state index < -0.39 is 154 Å². The van der Waals surface area contributed by atoms with Gasteiger partial charge in [0.1, 0.15) is 0 Å². The Kier molecular flexibility index (Phi) is 4.91. The summed E-state index contributed by atoms with van der Waals surface area (Å²) in [5.74, 6) is 0. The van der Waals surface area contributed by atoms with Crippen LogP contribution in [-0.2, 0) is 10.8 Å². The molecule has 0 aliphatic carbocycles. The van der Waals surface area contributed by atoms with E-state index in [0.717, 1.165) is 21.9 Å². The lowest BCUT2D eigenvalue weighted by Crippen LogP contribution is -2.11. The molecule has 0 unspecified atom stereocenters. The Morgan fingerprint density at radius 2 is 0.682 bits per heavy atom. The second-order valence-electron chi connectivity index (χ2n) is 18.8. The van der Waals surface area contributed by atoms with Crippen molar-refractivity contribution in [2.75, 3.05) is 9.80 Å². The summed E-state index contributed by atoms with van der Waals surface area (Å²) in [5, 5.41) is 5.17. The minimum atomic E-state index is -0.695. The maximum absolute atomic E-state index is 9.33. The van der Waals surface area contributed by atoms with Gasteiger partial charge in [0, 0.05) is 65.8 Å². The SMILES string of the molecule is [2H]c1c([2H])c([2H])c(N(c2c([2H])c([2H])c([2H])c([2H])c2[2H])c2ccc3c4cc5c(cc4n4c6ccc(C(C)(C)C)cc6c2c34)c2ccc(N(c3c([2H])c([2H])c([2H])c([2H])c3[2H])c3c([2H])c([2H])c([2H])c([2H])c3[2H])c3c4cc(C(C)(C)C)ccc4n5c23)c([2H])c1[2H]. The van der Waals surface area contributed by atoms with Gasteiger partial charge in [-0.05, 0) is 119 Å². The van der Waals surface area contributed by atoms with Crippen LogP contribution in [0.15, 0.2) is 194 Å². The summed E-state index contributed by atoms with van der Waals surface area (Å²) in [4.78, 5) is 2.41. The molecule has 0 saturated carbocycles. The first-order valence-corrected chi connectivity index (χ1v) is 21.6. The Morgan fingerprint density at radius 1 is 0.348 bits per heavy atom. The molecule has 318 valence electrons.